The minimum Gasteiger partial charge on any atom is -0.334 e. The molecule has 1 aliphatic heterocycles. The number of nitrogens with one attached hydrogen (secondary N) is 1. The Morgan fingerprint density at radius 3 is 2.41 bits per heavy atom. The predicted octanol–water partition coefficient (Wildman–Crippen LogP) is 2.62. The summed E-state index contributed by atoms with van der Waals surface area (Å²) in [5.74, 6) is -0.186. The van der Waals surface area contributed by atoms with Crippen LogP contribution in [0.15, 0.2) is 61.4 Å². The first-order chi connectivity index (χ1) is 14.2. The van der Waals surface area contributed by atoms with Crippen LogP contribution in [0, 0.1) is 0 Å². The third-order valence-electron chi connectivity index (χ3n) is 5.05. The molecular weight excluding hydrogens is 368 g/mol. The fraction of sp³-hybridized carbons (Fsp3) is 0.286. The molecule has 4 rings (SSSR count). The number of hydrogen-bond donors (Lipinski definition) is 1. The second-order valence-electron chi connectivity index (χ2n) is 7.03. The number of carbonyl (C=O) groups is 2. The lowest BCUT2D eigenvalue weighted by Crippen LogP contribution is -2.45. The fourth-order valence-corrected chi connectivity index (χ4v) is 3.57. The fourth-order valence-electron chi connectivity index (χ4n) is 3.57. The van der Waals surface area contributed by atoms with E-state index in [2.05, 4.69) is 20.4 Å². The van der Waals surface area contributed by atoms with E-state index in [-0.39, 0.29) is 17.9 Å². The van der Waals surface area contributed by atoms with Gasteiger partial charge in [0.05, 0.1) is 24.5 Å². The average molecular weight is 390 g/mol. The zero-order chi connectivity index (χ0) is 20.1. The van der Waals surface area contributed by atoms with Crippen LogP contribution >= 0.6 is 0 Å². The molecule has 8 nitrogen and oxygen atoms in total. The van der Waals surface area contributed by atoms with Crippen LogP contribution in [0.4, 0.5) is 5.69 Å². The van der Waals surface area contributed by atoms with Gasteiger partial charge < -0.3 is 10.2 Å². The van der Waals surface area contributed by atoms with E-state index in [1.165, 1.54) is 0 Å². The highest BCUT2D eigenvalue weighted by Gasteiger charge is 2.28. The van der Waals surface area contributed by atoms with Gasteiger partial charge in [-0.2, -0.15) is 5.10 Å². The molecule has 4 heterocycles. The van der Waals surface area contributed by atoms with Gasteiger partial charge in [0, 0.05) is 48.7 Å². The van der Waals surface area contributed by atoms with Gasteiger partial charge in [0.25, 0.3) is 11.8 Å². The number of rotatable bonds is 5. The quantitative estimate of drug-likeness (QED) is 0.723. The van der Waals surface area contributed by atoms with Gasteiger partial charge in [-0.3, -0.25) is 24.2 Å². The van der Waals surface area contributed by atoms with E-state index in [1.807, 2.05) is 4.90 Å². The van der Waals surface area contributed by atoms with Crippen molar-refractivity contribution in [2.75, 3.05) is 11.9 Å². The highest BCUT2D eigenvalue weighted by atomic mass is 16.2. The second-order valence-corrected chi connectivity index (χ2v) is 7.03. The number of pyridine rings is 2. The zero-order valence-electron chi connectivity index (χ0n) is 15.9. The number of amides is 2. The van der Waals surface area contributed by atoms with Gasteiger partial charge in [-0.25, -0.2) is 0 Å². The minimum atomic E-state index is -0.209. The summed E-state index contributed by atoms with van der Waals surface area (Å²) in [6.45, 7) is 1.32. The van der Waals surface area contributed by atoms with E-state index < -0.39 is 0 Å². The molecule has 0 aliphatic carbocycles. The third kappa shape index (κ3) is 4.48. The van der Waals surface area contributed by atoms with Crippen molar-refractivity contribution in [1.82, 2.24) is 24.6 Å². The first-order valence-corrected chi connectivity index (χ1v) is 9.65. The van der Waals surface area contributed by atoms with E-state index in [9.17, 15) is 9.59 Å². The van der Waals surface area contributed by atoms with Gasteiger partial charge in [-0.15, -0.1) is 0 Å². The van der Waals surface area contributed by atoms with Crippen LogP contribution in [0.3, 0.4) is 0 Å². The van der Waals surface area contributed by atoms with Gasteiger partial charge in [-0.1, -0.05) is 0 Å². The molecule has 0 saturated carbocycles. The number of aromatic nitrogens is 4. The highest BCUT2D eigenvalue weighted by Crippen LogP contribution is 2.21. The van der Waals surface area contributed by atoms with Crippen LogP contribution in [-0.2, 0) is 6.54 Å². The second kappa shape index (κ2) is 8.64. The Kier molecular flexibility index (Phi) is 5.60. The number of hydrogen-bond acceptors (Lipinski definition) is 5. The Hall–Kier alpha value is -3.55. The Bertz CT molecular complexity index is 973. The summed E-state index contributed by atoms with van der Waals surface area (Å²) in [5, 5.41) is 7.20. The monoisotopic (exact) mass is 390 g/mol. The van der Waals surface area contributed by atoms with Crippen molar-refractivity contribution in [3.05, 3.63) is 72.6 Å². The number of carbonyl (C=O) groups excluding carboxylic acids is 2. The molecule has 0 spiro atoms. The minimum absolute atomic E-state index is 0.0236. The van der Waals surface area contributed by atoms with Crippen LogP contribution in [-0.4, -0.2) is 49.0 Å². The number of anilines is 1. The van der Waals surface area contributed by atoms with Crippen LogP contribution in [0.1, 0.15) is 40.0 Å². The van der Waals surface area contributed by atoms with E-state index in [1.54, 1.807) is 66.1 Å². The lowest BCUT2D eigenvalue weighted by molar-refractivity contribution is 0.0583. The van der Waals surface area contributed by atoms with Crippen LogP contribution in [0.2, 0.25) is 0 Å². The lowest BCUT2D eigenvalue weighted by Gasteiger charge is -2.35. The van der Waals surface area contributed by atoms with E-state index in [0.29, 0.717) is 23.4 Å². The van der Waals surface area contributed by atoms with E-state index in [4.69, 9.17) is 0 Å². The molecule has 3 aromatic rings. The smallest absolute Gasteiger partial charge is 0.255 e. The van der Waals surface area contributed by atoms with Crippen molar-refractivity contribution >= 4 is 17.5 Å². The Balaban J connectivity index is 1.43. The average Bonchev–Trinajstić information content (AvgIpc) is 3.21. The molecule has 1 aliphatic rings. The summed E-state index contributed by atoms with van der Waals surface area (Å²) in [6.07, 6.45) is 12.9. The molecule has 0 aromatic carbocycles. The summed E-state index contributed by atoms with van der Waals surface area (Å²) in [5.41, 5.74) is 1.81. The van der Waals surface area contributed by atoms with Gasteiger partial charge in [0.2, 0.25) is 0 Å². The van der Waals surface area contributed by atoms with Crippen molar-refractivity contribution in [2.24, 2.45) is 0 Å². The molecule has 1 atom stereocenters. The Morgan fingerprint density at radius 1 is 1.00 bits per heavy atom. The summed E-state index contributed by atoms with van der Waals surface area (Å²) < 4.78 is 1.78. The molecule has 1 saturated heterocycles. The maximum atomic E-state index is 12.9. The Morgan fingerprint density at radius 2 is 1.69 bits per heavy atom. The third-order valence-corrected chi connectivity index (χ3v) is 5.05. The first-order valence-electron chi connectivity index (χ1n) is 9.65. The maximum Gasteiger partial charge on any atom is 0.255 e. The molecule has 3 aromatic heterocycles. The molecule has 0 unspecified atom stereocenters. The van der Waals surface area contributed by atoms with Gasteiger partial charge in [-0.05, 0) is 43.5 Å². The SMILES string of the molecule is O=C(Nc1cnn(C[C@H]2CCCCN2C(=O)c2ccncc2)c1)c1ccncc1. The lowest BCUT2D eigenvalue weighted by atomic mass is 10.0. The molecule has 1 fully saturated rings. The van der Waals surface area contributed by atoms with Crippen LogP contribution < -0.4 is 5.32 Å². The van der Waals surface area contributed by atoms with Gasteiger partial charge >= 0.3 is 0 Å². The molecule has 148 valence electrons. The standard InChI is InChI=1S/C21H22N6O2/c28-20(16-4-8-22-9-5-16)25-18-13-24-26(14-18)15-19-3-1-2-12-27(19)21(29)17-6-10-23-11-7-17/h4-11,13-14,19H,1-3,12,15H2,(H,25,28)/t19-/m1/s1. The van der Waals surface area contributed by atoms with E-state index in [0.717, 1.165) is 25.8 Å². The molecular formula is C21H22N6O2. The molecule has 0 bridgehead atoms. The zero-order valence-corrected chi connectivity index (χ0v) is 15.9. The van der Waals surface area contributed by atoms with Gasteiger partial charge in [0.1, 0.15) is 0 Å². The van der Waals surface area contributed by atoms with Crippen LogP contribution in [0.5, 0.6) is 0 Å². The normalized spacial score (nSPS) is 16.4. The van der Waals surface area contributed by atoms with Crippen molar-refractivity contribution in [2.45, 2.75) is 31.8 Å². The van der Waals surface area contributed by atoms with Crippen molar-refractivity contribution in [3.8, 4) is 0 Å². The number of nitrogens with zero attached hydrogens (tertiary/aromatic N) is 5. The Labute approximate surface area is 168 Å². The van der Waals surface area contributed by atoms with Crippen molar-refractivity contribution < 1.29 is 9.59 Å². The maximum absolute atomic E-state index is 12.9. The molecule has 0 radical (unpaired) electrons. The largest absolute Gasteiger partial charge is 0.334 e. The van der Waals surface area contributed by atoms with Crippen molar-refractivity contribution in [3.63, 3.8) is 0 Å². The number of likely N-dealkylation sites (tertiary alicyclic amines) is 1. The van der Waals surface area contributed by atoms with Crippen molar-refractivity contribution in [1.29, 1.82) is 0 Å². The first kappa shape index (κ1) is 18.8. The van der Waals surface area contributed by atoms with Crippen LogP contribution in [0.25, 0.3) is 0 Å². The summed E-state index contributed by atoms with van der Waals surface area (Å²) >= 11 is 0. The number of piperidine rings is 1. The summed E-state index contributed by atoms with van der Waals surface area (Å²) in [4.78, 5) is 35.0. The highest BCUT2D eigenvalue weighted by molar-refractivity contribution is 6.04. The van der Waals surface area contributed by atoms with E-state index >= 15 is 0 Å². The predicted molar refractivity (Wildman–Crippen MR) is 107 cm³/mol. The van der Waals surface area contributed by atoms with Gasteiger partial charge in [0.15, 0.2) is 0 Å². The summed E-state index contributed by atoms with van der Waals surface area (Å²) in [7, 11) is 0. The summed E-state index contributed by atoms with van der Waals surface area (Å²) in [6, 6.07) is 6.87. The molecule has 2 amide bonds. The topological polar surface area (TPSA) is 93.0 Å². The molecule has 1 N–H and O–H groups in total. The molecule has 8 heteroatoms. The molecule has 29 heavy (non-hydrogen) atoms.